The maximum absolute atomic E-state index is 5.06. The van der Waals surface area contributed by atoms with E-state index in [1.807, 2.05) is 0 Å². The average molecular weight is 173 g/mol. The van der Waals surface area contributed by atoms with Gasteiger partial charge in [-0.15, -0.1) is 0 Å². The molecule has 0 aromatic heterocycles. The SMILES string of the molecule is CCCNCC(C)(C)CCOC. The van der Waals surface area contributed by atoms with Crippen LogP contribution in [0.5, 0.6) is 0 Å². The number of rotatable bonds is 7. The quantitative estimate of drug-likeness (QED) is 0.595. The molecule has 0 saturated heterocycles. The van der Waals surface area contributed by atoms with E-state index in [1.165, 1.54) is 6.42 Å². The molecule has 0 aliphatic rings. The van der Waals surface area contributed by atoms with Gasteiger partial charge in [0.25, 0.3) is 0 Å². The summed E-state index contributed by atoms with van der Waals surface area (Å²) in [5.74, 6) is 0. The topological polar surface area (TPSA) is 21.3 Å². The van der Waals surface area contributed by atoms with Gasteiger partial charge in [-0.1, -0.05) is 20.8 Å². The van der Waals surface area contributed by atoms with Gasteiger partial charge in [-0.05, 0) is 24.8 Å². The van der Waals surface area contributed by atoms with Crippen LogP contribution in [0.1, 0.15) is 33.6 Å². The summed E-state index contributed by atoms with van der Waals surface area (Å²) in [6, 6.07) is 0. The Morgan fingerprint density at radius 3 is 2.50 bits per heavy atom. The van der Waals surface area contributed by atoms with Crippen molar-refractivity contribution < 1.29 is 4.74 Å². The van der Waals surface area contributed by atoms with Crippen molar-refractivity contribution >= 4 is 0 Å². The van der Waals surface area contributed by atoms with E-state index in [9.17, 15) is 0 Å². The molecule has 0 amide bonds. The Hall–Kier alpha value is -0.0800. The Morgan fingerprint density at radius 1 is 1.33 bits per heavy atom. The third-order valence-corrected chi connectivity index (χ3v) is 2.01. The van der Waals surface area contributed by atoms with Gasteiger partial charge in [-0.2, -0.15) is 0 Å². The van der Waals surface area contributed by atoms with Crippen LogP contribution < -0.4 is 5.32 Å². The minimum absolute atomic E-state index is 0.366. The van der Waals surface area contributed by atoms with Gasteiger partial charge in [0.15, 0.2) is 0 Å². The number of nitrogens with one attached hydrogen (secondary N) is 1. The molecule has 2 heteroatoms. The van der Waals surface area contributed by atoms with Crippen LogP contribution in [0.3, 0.4) is 0 Å². The number of ether oxygens (including phenoxy) is 1. The maximum atomic E-state index is 5.06. The highest BCUT2D eigenvalue weighted by molar-refractivity contribution is 4.70. The van der Waals surface area contributed by atoms with E-state index in [0.717, 1.165) is 26.1 Å². The largest absolute Gasteiger partial charge is 0.385 e. The standard InChI is InChI=1S/C10H23NO/c1-5-7-11-9-10(2,3)6-8-12-4/h11H,5-9H2,1-4H3. The molecule has 0 atom stereocenters. The first kappa shape index (κ1) is 11.9. The fraction of sp³-hybridized carbons (Fsp3) is 1.00. The van der Waals surface area contributed by atoms with E-state index in [0.29, 0.717) is 5.41 Å². The van der Waals surface area contributed by atoms with Crippen LogP contribution in [0.4, 0.5) is 0 Å². The minimum Gasteiger partial charge on any atom is -0.385 e. The zero-order chi connectivity index (χ0) is 9.45. The smallest absolute Gasteiger partial charge is 0.0467 e. The molecule has 0 unspecified atom stereocenters. The van der Waals surface area contributed by atoms with E-state index in [-0.39, 0.29) is 0 Å². The lowest BCUT2D eigenvalue weighted by Crippen LogP contribution is -2.30. The average Bonchev–Trinajstić information content (AvgIpc) is 2.01. The van der Waals surface area contributed by atoms with Crippen LogP contribution >= 0.6 is 0 Å². The third kappa shape index (κ3) is 6.62. The fourth-order valence-corrected chi connectivity index (χ4v) is 1.07. The van der Waals surface area contributed by atoms with Gasteiger partial charge < -0.3 is 10.1 Å². The molecule has 2 nitrogen and oxygen atoms in total. The van der Waals surface area contributed by atoms with Crippen molar-refractivity contribution in [3.63, 3.8) is 0 Å². The molecule has 12 heavy (non-hydrogen) atoms. The molecule has 0 aliphatic heterocycles. The Morgan fingerprint density at radius 2 is 2.00 bits per heavy atom. The number of hydrogen-bond acceptors (Lipinski definition) is 2. The van der Waals surface area contributed by atoms with Crippen molar-refractivity contribution in [1.29, 1.82) is 0 Å². The van der Waals surface area contributed by atoms with Gasteiger partial charge in [0.1, 0.15) is 0 Å². The molecule has 0 spiro atoms. The van der Waals surface area contributed by atoms with Gasteiger partial charge in [0, 0.05) is 20.3 Å². The molecule has 0 aromatic rings. The first-order chi connectivity index (χ1) is 5.62. The van der Waals surface area contributed by atoms with Crippen molar-refractivity contribution in [2.45, 2.75) is 33.6 Å². The Labute approximate surface area is 76.7 Å². The number of hydrogen-bond donors (Lipinski definition) is 1. The van der Waals surface area contributed by atoms with Crippen molar-refractivity contribution in [2.75, 3.05) is 26.8 Å². The summed E-state index contributed by atoms with van der Waals surface area (Å²) in [7, 11) is 1.76. The Bertz CT molecular complexity index is 102. The zero-order valence-corrected chi connectivity index (χ0v) is 8.94. The second-order valence-electron chi connectivity index (χ2n) is 4.08. The second-order valence-corrected chi connectivity index (χ2v) is 4.08. The predicted octanol–water partition coefficient (Wildman–Crippen LogP) is 2.05. The first-order valence-corrected chi connectivity index (χ1v) is 4.82. The first-order valence-electron chi connectivity index (χ1n) is 4.82. The molecule has 0 saturated carbocycles. The molecule has 0 rings (SSSR count). The molecule has 0 aromatic carbocycles. The van der Waals surface area contributed by atoms with Crippen LogP contribution in [0.25, 0.3) is 0 Å². The van der Waals surface area contributed by atoms with Crippen molar-refractivity contribution in [2.24, 2.45) is 5.41 Å². The van der Waals surface area contributed by atoms with Gasteiger partial charge in [-0.25, -0.2) is 0 Å². The fourth-order valence-electron chi connectivity index (χ4n) is 1.07. The molecule has 0 radical (unpaired) electrons. The second kappa shape index (κ2) is 6.44. The highest BCUT2D eigenvalue weighted by atomic mass is 16.5. The zero-order valence-electron chi connectivity index (χ0n) is 8.94. The van der Waals surface area contributed by atoms with Crippen LogP contribution in [-0.2, 0) is 4.74 Å². The summed E-state index contributed by atoms with van der Waals surface area (Å²) in [5.41, 5.74) is 0.366. The lowest BCUT2D eigenvalue weighted by molar-refractivity contribution is 0.151. The highest BCUT2D eigenvalue weighted by Gasteiger charge is 2.16. The molecule has 1 N–H and O–H groups in total. The van der Waals surface area contributed by atoms with E-state index in [1.54, 1.807) is 7.11 Å². The molecular formula is C10H23NO. The molecule has 0 heterocycles. The normalized spacial score (nSPS) is 12.0. The number of methoxy groups -OCH3 is 1. The molecule has 0 aliphatic carbocycles. The van der Waals surface area contributed by atoms with Gasteiger partial charge in [0.05, 0.1) is 0 Å². The van der Waals surface area contributed by atoms with Gasteiger partial charge in [0.2, 0.25) is 0 Å². The summed E-state index contributed by atoms with van der Waals surface area (Å²) in [4.78, 5) is 0. The molecular weight excluding hydrogens is 150 g/mol. The monoisotopic (exact) mass is 173 g/mol. The Kier molecular flexibility index (Phi) is 6.39. The van der Waals surface area contributed by atoms with Crippen molar-refractivity contribution in [1.82, 2.24) is 5.32 Å². The van der Waals surface area contributed by atoms with Crippen LogP contribution in [0.2, 0.25) is 0 Å². The van der Waals surface area contributed by atoms with E-state index in [4.69, 9.17) is 4.74 Å². The highest BCUT2D eigenvalue weighted by Crippen LogP contribution is 2.18. The van der Waals surface area contributed by atoms with Crippen LogP contribution in [0, 0.1) is 5.41 Å². The van der Waals surface area contributed by atoms with E-state index in [2.05, 4.69) is 26.1 Å². The van der Waals surface area contributed by atoms with Crippen LogP contribution in [0.15, 0.2) is 0 Å². The Balaban J connectivity index is 3.42. The lowest BCUT2D eigenvalue weighted by Gasteiger charge is -2.24. The van der Waals surface area contributed by atoms with Crippen LogP contribution in [-0.4, -0.2) is 26.8 Å². The molecule has 0 fully saturated rings. The van der Waals surface area contributed by atoms with Gasteiger partial charge >= 0.3 is 0 Å². The van der Waals surface area contributed by atoms with Gasteiger partial charge in [-0.3, -0.25) is 0 Å². The molecule has 74 valence electrons. The van der Waals surface area contributed by atoms with E-state index >= 15 is 0 Å². The summed E-state index contributed by atoms with van der Waals surface area (Å²) in [6.45, 7) is 9.81. The van der Waals surface area contributed by atoms with E-state index < -0.39 is 0 Å². The third-order valence-electron chi connectivity index (χ3n) is 2.01. The summed E-state index contributed by atoms with van der Waals surface area (Å²) >= 11 is 0. The summed E-state index contributed by atoms with van der Waals surface area (Å²) in [6.07, 6.45) is 2.33. The predicted molar refractivity (Wildman–Crippen MR) is 53.4 cm³/mol. The van der Waals surface area contributed by atoms with Crippen molar-refractivity contribution in [3.05, 3.63) is 0 Å². The molecule has 0 bridgehead atoms. The summed E-state index contributed by atoms with van der Waals surface area (Å²) in [5, 5.41) is 3.43. The minimum atomic E-state index is 0.366. The summed E-state index contributed by atoms with van der Waals surface area (Å²) < 4.78 is 5.06. The lowest BCUT2D eigenvalue weighted by atomic mass is 9.90. The maximum Gasteiger partial charge on any atom is 0.0467 e. The van der Waals surface area contributed by atoms with Crippen molar-refractivity contribution in [3.8, 4) is 0 Å².